The lowest BCUT2D eigenvalue weighted by Crippen LogP contribution is -2.38. The number of hydrogen-bond acceptors (Lipinski definition) is 5. The van der Waals surface area contributed by atoms with E-state index in [1.54, 1.807) is 11.3 Å². The number of ether oxygens (including phenoxy) is 1. The predicted molar refractivity (Wildman–Crippen MR) is 79.6 cm³/mol. The molecule has 1 aliphatic heterocycles. The van der Waals surface area contributed by atoms with E-state index in [0.717, 1.165) is 37.8 Å². The predicted octanol–water partition coefficient (Wildman–Crippen LogP) is 2.60. The Morgan fingerprint density at radius 1 is 1.58 bits per heavy atom. The average Bonchev–Trinajstić information content (AvgIpc) is 2.89. The quantitative estimate of drug-likeness (QED) is 0.871. The van der Waals surface area contributed by atoms with Crippen molar-refractivity contribution < 1.29 is 4.74 Å². The second-order valence-electron chi connectivity index (χ2n) is 5.04. The Kier molecular flexibility index (Phi) is 5.76. The third-order valence-corrected chi connectivity index (χ3v) is 4.72. The van der Waals surface area contributed by atoms with Crippen LogP contribution in [-0.2, 0) is 4.74 Å². The molecule has 0 aliphatic carbocycles. The van der Waals surface area contributed by atoms with Crippen molar-refractivity contribution in [3.63, 3.8) is 0 Å². The third-order valence-electron chi connectivity index (χ3n) is 3.44. The van der Waals surface area contributed by atoms with E-state index in [1.807, 2.05) is 6.20 Å². The summed E-state index contributed by atoms with van der Waals surface area (Å²) in [7, 11) is 0. The first kappa shape index (κ1) is 14.9. The lowest BCUT2D eigenvalue weighted by Gasteiger charge is -2.31. The van der Waals surface area contributed by atoms with E-state index in [1.165, 1.54) is 11.3 Å². The van der Waals surface area contributed by atoms with Crippen LogP contribution < -0.4 is 5.32 Å². The molecular weight excluding hydrogens is 258 g/mol. The van der Waals surface area contributed by atoms with Crippen LogP contribution in [-0.4, -0.2) is 42.7 Å². The van der Waals surface area contributed by atoms with Crippen LogP contribution in [0.4, 0.5) is 0 Å². The molecule has 0 aromatic carbocycles. The molecule has 0 bridgehead atoms. The second-order valence-corrected chi connectivity index (χ2v) is 6.13. The number of rotatable bonds is 6. The number of hydrogen-bond donors (Lipinski definition) is 1. The van der Waals surface area contributed by atoms with Crippen molar-refractivity contribution in [2.75, 3.05) is 32.8 Å². The summed E-state index contributed by atoms with van der Waals surface area (Å²) in [6.07, 6.45) is 3.36. The number of morpholine rings is 1. The largest absolute Gasteiger partial charge is 0.368 e. The van der Waals surface area contributed by atoms with Crippen LogP contribution in [0.1, 0.15) is 49.2 Å². The zero-order valence-corrected chi connectivity index (χ0v) is 13.0. The maximum atomic E-state index is 5.88. The number of aromatic nitrogens is 1. The molecule has 1 N–H and O–H groups in total. The smallest absolute Gasteiger partial charge is 0.123 e. The normalized spacial score (nSPS) is 22.6. The fourth-order valence-electron chi connectivity index (χ4n) is 2.43. The standard InChI is InChI=1S/C14H25N3OS/c1-4-6-17-7-8-18-12(10-17)14-16-9-13(19-14)11(3)15-5-2/h9,11-12,15H,4-8,10H2,1-3H3. The molecule has 19 heavy (non-hydrogen) atoms. The van der Waals surface area contributed by atoms with E-state index in [9.17, 15) is 0 Å². The van der Waals surface area contributed by atoms with Crippen LogP contribution in [0.15, 0.2) is 6.20 Å². The van der Waals surface area contributed by atoms with Gasteiger partial charge in [0.25, 0.3) is 0 Å². The second kappa shape index (κ2) is 7.33. The molecular formula is C14H25N3OS. The molecule has 1 saturated heterocycles. The van der Waals surface area contributed by atoms with Gasteiger partial charge in [-0.2, -0.15) is 0 Å². The molecule has 5 heteroatoms. The van der Waals surface area contributed by atoms with Gasteiger partial charge in [-0.3, -0.25) is 4.90 Å². The Morgan fingerprint density at radius 2 is 2.42 bits per heavy atom. The summed E-state index contributed by atoms with van der Waals surface area (Å²) in [5, 5.41) is 4.55. The molecule has 1 aromatic heterocycles. The van der Waals surface area contributed by atoms with Crippen molar-refractivity contribution in [3.8, 4) is 0 Å². The summed E-state index contributed by atoms with van der Waals surface area (Å²) >= 11 is 1.78. The first-order valence-electron chi connectivity index (χ1n) is 7.27. The summed E-state index contributed by atoms with van der Waals surface area (Å²) in [5.41, 5.74) is 0. The van der Waals surface area contributed by atoms with E-state index >= 15 is 0 Å². The van der Waals surface area contributed by atoms with Crippen molar-refractivity contribution in [1.29, 1.82) is 0 Å². The molecule has 0 amide bonds. The Hall–Kier alpha value is -0.490. The molecule has 1 fully saturated rings. The van der Waals surface area contributed by atoms with Gasteiger partial charge in [0.2, 0.25) is 0 Å². The molecule has 1 aliphatic rings. The van der Waals surface area contributed by atoms with Crippen LogP contribution in [0.5, 0.6) is 0 Å². The minimum atomic E-state index is 0.160. The third kappa shape index (κ3) is 3.99. The highest BCUT2D eigenvalue weighted by atomic mass is 32.1. The summed E-state index contributed by atoms with van der Waals surface area (Å²) in [4.78, 5) is 8.34. The van der Waals surface area contributed by atoms with Gasteiger partial charge in [-0.15, -0.1) is 11.3 Å². The van der Waals surface area contributed by atoms with Crippen molar-refractivity contribution in [2.45, 2.75) is 39.3 Å². The van der Waals surface area contributed by atoms with Crippen LogP contribution in [0.2, 0.25) is 0 Å². The summed E-state index contributed by atoms with van der Waals surface area (Å²) in [6.45, 7) is 11.5. The lowest BCUT2D eigenvalue weighted by molar-refractivity contribution is -0.0299. The molecule has 2 rings (SSSR count). The molecule has 2 unspecified atom stereocenters. The average molecular weight is 283 g/mol. The Morgan fingerprint density at radius 3 is 3.16 bits per heavy atom. The highest BCUT2D eigenvalue weighted by Gasteiger charge is 2.24. The monoisotopic (exact) mass is 283 g/mol. The number of nitrogens with one attached hydrogen (secondary N) is 1. The summed E-state index contributed by atoms with van der Waals surface area (Å²) in [5.74, 6) is 0. The Labute approximate surface area is 120 Å². The van der Waals surface area contributed by atoms with Crippen LogP contribution in [0.25, 0.3) is 0 Å². The van der Waals surface area contributed by atoms with Gasteiger partial charge in [-0.25, -0.2) is 4.98 Å². The van der Waals surface area contributed by atoms with E-state index in [-0.39, 0.29) is 6.10 Å². The molecule has 0 saturated carbocycles. The van der Waals surface area contributed by atoms with Gasteiger partial charge in [-0.1, -0.05) is 13.8 Å². The first-order chi connectivity index (χ1) is 9.24. The molecule has 108 valence electrons. The van der Waals surface area contributed by atoms with Crippen molar-refractivity contribution in [2.24, 2.45) is 0 Å². The highest BCUT2D eigenvalue weighted by molar-refractivity contribution is 7.11. The minimum absolute atomic E-state index is 0.160. The van der Waals surface area contributed by atoms with Crippen molar-refractivity contribution in [1.82, 2.24) is 15.2 Å². The van der Waals surface area contributed by atoms with Gasteiger partial charge >= 0.3 is 0 Å². The van der Waals surface area contributed by atoms with Crippen molar-refractivity contribution >= 4 is 11.3 Å². The fraction of sp³-hybridized carbons (Fsp3) is 0.786. The molecule has 0 radical (unpaired) electrons. The Balaban J connectivity index is 1.97. The van der Waals surface area contributed by atoms with Gasteiger partial charge in [0.15, 0.2) is 0 Å². The number of nitrogens with zero attached hydrogens (tertiary/aromatic N) is 2. The maximum absolute atomic E-state index is 5.88. The SMILES string of the molecule is CCCN1CCOC(c2ncc(C(C)NCC)s2)C1. The first-order valence-corrected chi connectivity index (χ1v) is 8.09. The van der Waals surface area contributed by atoms with Crippen molar-refractivity contribution in [3.05, 3.63) is 16.1 Å². The van der Waals surface area contributed by atoms with Crippen LogP contribution in [0, 0.1) is 0 Å². The zero-order chi connectivity index (χ0) is 13.7. The fourth-order valence-corrected chi connectivity index (χ4v) is 3.41. The van der Waals surface area contributed by atoms with Gasteiger partial charge in [0, 0.05) is 30.2 Å². The highest BCUT2D eigenvalue weighted by Crippen LogP contribution is 2.29. The van der Waals surface area contributed by atoms with E-state index in [2.05, 4.69) is 36.0 Å². The van der Waals surface area contributed by atoms with Gasteiger partial charge in [-0.05, 0) is 26.4 Å². The minimum Gasteiger partial charge on any atom is -0.368 e. The van der Waals surface area contributed by atoms with Gasteiger partial charge < -0.3 is 10.1 Å². The van der Waals surface area contributed by atoms with E-state index in [4.69, 9.17) is 4.74 Å². The zero-order valence-electron chi connectivity index (χ0n) is 12.2. The van der Waals surface area contributed by atoms with Gasteiger partial charge in [0.05, 0.1) is 6.61 Å². The molecule has 2 atom stereocenters. The molecule has 0 spiro atoms. The molecule has 1 aromatic rings. The maximum Gasteiger partial charge on any atom is 0.123 e. The topological polar surface area (TPSA) is 37.4 Å². The van der Waals surface area contributed by atoms with Crippen LogP contribution in [0.3, 0.4) is 0 Å². The molecule has 2 heterocycles. The van der Waals surface area contributed by atoms with E-state index in [0.29, 0.717) is 6.04 Å². The molecule has 4 nitrogen and oxygen atoms in total. The van der Waals surface area contributed by atoms with Gasteiger partial charge in [0.1, 0.15) is 11.1 Å². The van der Waals surface area contributed by atoms with E-state index < -0.39 is 0 Å². The lowest BCUT2D eigenvalue weighted by atomic mass is 10.2. The summed E-state index contributed by atoms with van der Waals surface area (Å²) in [6, 6.07) is 0.381. The Bertz CT molecular complexity index is 381. The summed E-state index contributed by atoms with van der Waals surface area (Å²) < 4.78 is 5.88. The number of thiazole rings is 1. The van der Waals surface area contributed by atoms with Crippen LogP contribution >= 0.6 is 11.3 Å².